The fraction of sp³-hybridized carbons (Fsp3) is 0.481. The second-order valence-electron chi connectivity index (χ2n) is 10.1. The number of piperazine rings is 1. The van der Waals surface area contributed by atoms with E-state index in [-0.39, 0.29) is 5.82 Å². The van der Waals surface area contributed by atoms with E-state index >= 15 is 0 Å². The van der Waals surface area contributed by atoms with Crippen LogP contribution in [0.5, 0.6) is 0 Å². The number of pyridine rings is 2. The Morgan fingerprint density at radius 1 is 0.919 bits per heavy atom. The lowest BCUT2D eigenvalue weighted by molar-refractivity contribution is -0.137. The summed E-state index contributed by atoms with van der Waals surface area (Å²) in [5, 5.41) is 0. The van der Waals surface area contributed by atoms with Crippen LogP contribution in [-0.2, 0) is 6.18 Å². The van der Waals surface area contributed by atoms with E-state index in [1.807, 2.05) is 18.3 Å². The minimum atomic E-state index is -4.44. The highest BCUT2D eigenvalue weighted by Gasteiger charge is 2.36. The Balaban J connectivity index is 1.44. The van der Waals surface area contributed by atoms with Crippen molar-refractivity contribution < 1.29 is 13.2 Å². The first kappa shape index (κ1) is 25.2. The molecule has 37 heavy (non-hydrogen) atoms. The molecule has 2 fully saturated rings. The number of rotatable bonds is 5. The molecule has 196 valence electrons. The van der Waals surface area contributed by atoms with E-state index in [0.717, 1.165) is 48.2 Å². The Bertz CT molecular complexity index is 1240. The van der Waals surface area contributed by atoms with Crippen molar-refractivity contribution in [1.29, 1.82) is 0 Å². The zero-order valence-electron chi connectivity index (χ0n) is 21.4. The summed E-state index contributed by atoms with van der Waals surface area (Å²) in [6.07, 6.45) is 0.982. The van der Waals surface area contributed by atoms with Crippen LogP contribution in [0.3, 0.4) is 0 Å². The number of nitrogens with zero attached hydrogens (tertiary/aromatic N) is 7. The van der Waals surface area contributed by atoms with E-state index < -0.39 is 11.7 Å². The highest BCUT2D eigenvalue weighted by molar-refractivity contribution is 5.66. The van der Waals surface area contributed by atoms with Gasteiger partial charge in [0.25, 0.3) is 0 Å². The van der Waals surface area contributed by atoms with Crippen molar-refractivity contribution in [3.63, 3.8) is 0 Å². The van der Waals surface area contributed by atoms with Crippen molar-refractivity contribution in [2.45, 2.75) is 51.7 Å². The van der Waals surface area contributed by atoms with Crippen molar-refractivity contribution >= 4 is 17.6 Å². The number of alkyl halides is 3. The van der Waals surface area contributed by atoms with Gasteiger partial charge in [0.15, 0.2) is 0 Å². The molecule has 3 aromatic heterocycles. The molecule has 0 amide bonds. The van der Waals surface area contributed by atoms with Crippen LogP contribution in [0.1, 0.15) is 50.8 Å². The van der Waals surface area contributed by atoms with E-state index in [9.17, 15) is 13.2 Å². The molecule has 1 atom stereocenters. The van der Waals surface area contributed by atoms with Crippen LogP contribution in [0.4, 0.5) is 30.8 Å². The minimum absolute atomic E-state index is 0.0115. The van der Waals surface area contributed by atoms with Crippen molar-refractivity contribution in [1.82, 2.24) is 19.9 Å². The van der Waals surface area contributed by atoms with Crippen LogP contribution in [-0.4, -0.2) is 58.7 Å². The van der Waals surface area contributed by atoms with Crippen molar-refractivity contribution in [2.75, 3.05) is 47.4 Å². The molecule has 2 aliphatic rings. The third-order valence-electron chi connectivity index (χ3n) is 7.17. The number of anilines is 3. The molecule has 0 aromatic carbocycles. The smallest absolute Gasteiger partial charge is 0.353 e. The molecule has 10 heteroatoms. The summed E-state index contributed by atoms with van der Waals surface area (Å²) < 4.78 is 40.6. The third-order valence-corrected chi connectivity index (χ3v) is 7.17. The number of hydrogen-bond acceptors (Lipinski definition) is 7. The standard InChI is InChI=1S/C27H32F3N7/c1-18(2)22-16-20(8-10-31-22)23-17-24(34-26(33-23)37-11-5-6-19(37)3)35-12-14-36(15-13-35)25-21(27(28,29)30)7-4-9-32-25/h4,7-10,16-19H,5-6,11-15H2,1-3H3. The van der Waals surface area contributed by atoms with Gasteiger partial charge in [-0.3, -0.25) is 4.98 Å². The molecule has 0 spiro atoms. The molecular formula is C27H32F3N7. The lowest BCUT2D eigenvalue weighted by Gasteiger charge is -2.37. The fourth-order valence-corrected chi connectivity index (χ4v) is 5.03. The molecule has 1 unspecified atom stereocenters. The molecule has 0 aliphatic carbocycles. The second kappa shape index (κ2) is 10.1. The summed E-state index contributed by atoms with van der Waals surface area (Å²) in [5.41, 5.74) is 2.11. The minimum Gasteiger partial charge on any atom is -0.353 e. The summed E-state index contributed by atoms with van der Waals surface area (Å²) in [6, 6.07) is 8.80. The lowest BCUT2D eigenvalue weighted by Crippen LogP contribution is -2.47. The molecule has 0 saturated carbocycles. The first-order chi connectivity index (χ1) is 17.7. The van der Waals surface area contributed by atoms with Gasteiger partial charge in [-0.25, -0.2) is 9.97 Å². The molecule has 2 saturated heterocycles. The van der Waals surface area contributed by atoms with Gasteiger partial charge in [0.05, 0.1) is 11.3 Å². The highest BCUT2D eigenvalue weighted by atomic mass is 19.4. The largest absolute Gasteiger partial charge is 0.419 e. The van der Waals surface area contributed by atoms with Crippen molar-refractivity contribution in [3.8, 4) is 11.3 Å². The molecule has 0 radical (unpaired) electrons. The average molecular weight is 512 g/mol. The van der Waals surface area contributed by atoms with Crippen molar-refractivity contribution in [3.05, 3.63) is 54.0 Å². The van der Waals surface area contributed by atoms with Gasteiger partial charge in [-0.15, -0.1) is 0 Å². The predicted octanol–water partition coefficient (Wildman–Crippen LogP) is 5.39. The molecule has 3 aromatic rings. The molecular weight excluding hydrogens is 479 g/mol. The van der Waals surface area contributed by atoms with Gasteiger partial charge in [0.1, 0.15) is 11.6 Å². The van der Waals surface area contributed by atoms with E-state index in [4.69, 9.17) is 9.97 Å². The summed E-state index contributed by atoms with van der Waals surface area (Å²) in [7, 11) is 0. The molecule has 0 N–H and O–H groups in total. The van der Waals surface area contributed by atoms with Crippen LogP contribution in [0.25, 0.3) is 11.3 Å². The predicted molar refractivity (Wildman–Crippen MR) is 139 cm³/mol. The Kier molecular flexibility index (Phi) is 6.92. The van der Waals surface area contributed by atoms with Gasteiger partial charge in [0, 0.05) is 68.5 Å². The maximum absolute atomic E-state index is 13.5. The quantitative estimate of drug-likeness (QED) is 0.455. The summed E-state index contributed by atoms with van der Waals surface area (Å²) >= 11 is 0. The molecule has 7 nitrogen and oxygen atoms in total. The van der Waals surface area contributed by atoms with E-state index in [1.165, 1.54) is 12.3 Å². The summed E-state index contributed by atoms with van der Waals surface area (Å²) in [5.74, 6) is 1.77. The Morgan fingerprint density at radius 3 is 2.35 bits per heavy atom. The van der Waals surface area contributed by atoms with E-state index in [1.54, 1.807) is 4.90 Å². The zero-order chi connectivity index (χ0) is 26.2. The first-order valence-corrected chi connectivity index (χ1v) is 12.8. The Morgan fingerprint density at radius 2 is 1.68 bits per heavy atom. The number of halogens is 3. The van der Waals surface area contributed by atoms with Crippen LogP contribution in [0, 0.1) is 0 Å². The molecule has 5 heterocycles. The van der Waals surface area contributed by atoms with E-state index in [2.05, 4.69) is 46.6 Å². The van der Waals surface area contributed by atoms with Crippen LogP contribution < -0.4 is 14.7 Å². The van der Waals surface area contributed by atoms with Crippen molar-refractivity contribution in [2.24, 2.45) is 0 Å². The summed E-state index contributed by atoms with van der Waals surface area (Å²) in [4.78, 5) is 24.5. The topological polar surface area (TPSA) is 61.3 Å². The average Bonchev–Trinajstić information content (AvgIpc) is 3.34. The second-order valence-corrected chi connectivity index (χ2v) is 10.1. The van der Waals surface area contributed by atoms with Gasteiger partial charge in [-0.05, 0) is 49.9 Å². The maximum atomic E-state index is 13.5. The van der Waals surface area contributed by atoms with Gasteiger partial charge in [-0.1, -0.05) is 13.8 Å². The highest BCUT2D eigenvalue weighted by Crippen LogP contribution is 2.36. The van der Waals surface area contributed by atoms with E-state index in [0.29, 0.717) is 44.1 Å². The zero-order valence-corrected chi connectivity index (χ0v) is 21.4. The van der Waals surface area contributed by atoms with Crippen LogP contribution >= 0.6 is 0 Å². The van der Waals surface area contributed by atoms with Gasteiger partial charge in [-0.2, -0.15) is 18.2 Å². The third kappa shape index (κ3) is 5.33. The number of hydrogen-bond donors (Lipinski definition) is 0. The SMILES string of the molecule is CC(C)c1cc(-c2cc(N3CCN(c4ncccc4C(F)(F)F)CC3)nc(N3CCCC3C)n2)ccn1. The van der Waals surface area contributed by atoms with Crippen LogP contribution in [0.15, 0.2) is 42.7 Å². The van der Waals surface area contributed by atoms with Gasteiger partial charge >= 0.3 is 6.18 Å². The fourth-order valence-electron chi connectivity index (χ4n) is 5.03. The van der Waals surface area contributed by atoms with Crippen LogP contribution in [0.2, 0.25) is 0 Å². The molecule has 2 aliphatic heterocycles. The Hall–Kier alpha value is -3.43. The normalized spacial score (nSPS) is 18.7. The molecule has 0 bridgehead atoms. The maximum Gasteiger partial charge on any atom is 0.419 e. The first-order valence-electron chi connectivity index (χ1n) is 12.8. The monoisotopic (exact) mass is 511 g/mol. The van der Waals surface area contributed by atoms with Gasteiger partial charge in [0.2, 0.25) is 5.95 Å². The van der Waals surface area contributed by atoms with Gasteiger partial charge < -0.3 is 14.7 Å². The number of aromatic nitrogens is 4. The Labute approximate surface area is 215 Å². The lowest BCUT2D eigenvalue weighted by atomic mass is 10.1. The summed E-state index contributed by atoms with van der Waals surface area (Å²) in [6.45, 7) is 9.23. The molecule has 5 rings (SSSR count).